The van der Waals surface area contributed by atoms with E-state index in [0.29, 0.717) is 0 Å². The van der Waals surface area contributed by atoms with Crippen molar-refractivity contribution in [2.24, 2.45) is 5.73 Å². The molecule has 1 unspecified atom stereocenters. The maximum absolute atomic E-state index is 13.4. The number of nitrogens with two attached hydrogens (primary N) is 1. The molecular formula is C10H10ClFN2O3. The van der Waals surface area contributed by atoms with E-state index in [1.54, 1.807) is 0 Å². The van der Waals surface area contributed by atoms with Crippen molar-refractivity contribution in [2.75, 3.05) is 6.54 Å². The predicted molar refractivity (Wildman–Crippen MR) is 58.9 cm³/mol. The summed E-state index contributed by atoms with van der Waals surface area (Å²) in [7, 11) is 0. The Bertz CT molecular complexity index is 453. The summed E-state index contributed by atoms with van der Waals surface area (Å²) < 4.78 is 13.4. The summed E-state index contributed by atoms with van der Waals surface area (Å²) in [5.74, 6) is -2.62. The third-order valence-electron chi connectivity index (χ3n) is 1.98. The number of carbonyl (C=O) groups is 2. The lowest BCUT2D eigenvalue weighted by Crippen LogP contribution is -2.40. The SMILES string of the molecule is NC(=O)C(O)CNC(=O)c1cccc(Cl)c1F. The van der Waals surface area contributed by atoms with Crippen LogP contribution in [0.3, 0.4) is 0 Å². The first-order valence-electron chi connectivity index (χ1n) is 4.63. The zero-order valence-corrected chi connectivity index (χ0v) is 9.37. The highest BCUT2D eigenvalue weighted by atomic mass is 35.5. The molecule has 0 aliphatic carbocycles. The van der Waals surface area contributed by atoms with Crippen LogP contribution in [0.4, 0.5) is 4.39 Å². The maximum Gasteiger partial charge on any atom is 0.254 e. The van der Waals surface area contributed by atoms with Gasteiger partial charge in [-0.15, -0.1) is 0 Å². The summed E-state index contributed by atoms with van der Waals surface area (Å²) in [6.07, 6.45) is -1.51. The van der Waals surface area contributed by atoms with Crippen LogP contribution in [0.2, 0.25) is 5.02 Å². The van der Waals surface area contributed by atoms with Crippen molar-refractivity contribution in [1.82, 2.24) is 5.32 Å². The third kappa shape index (κ3) is 3.40. The summed E-state index contributed by atoms with van der Waals surface area (Å²) >= 11 is 5.49. The fourth-order valence-electron chi connectivity index (χ4n) is 1.06. The number of carbonyl (C=O) groups excluding carboxylic acids is 2. The van der Waals surface area contributed by atoms with Gasteiger partial charge in [0, 0.05) is 0 Å². The molecule has 0 aromatic heterocycles. The van der Waals surface area contributed by atoms with E-state index in [1.807, 2.05) is 0 Å². The second-order valence-electron chi connectivity index (χ2n) is 3.23. The lowest BCUT2D eigenvalue weighted by Gasteiger charge is -2.09. The van der Waals surface area contributed by atoms with Crippen LogP contribution in [0.1, 0.15) is 10.4 Å². The molecule has 92 valence electrons. The Morgan fingerprint density at radius 2 is 2.18 bits per heavy atom. The number of primary amides is 1. The topological polar surface area (TPSA) is 92.4 Å². The molecule has 0 saturated carbocycles. The van der Waals surface area contributed by atoms with Crippen LogP contribution in [0.25, 0.3) is 0 Å². The van der Waals surface area contributed by atoms with Crippen LogP contribution in [0.5, 0.6) is 0 Å². The Morgan fingerprint density at radius 3 is 2.76 bits per heavy atom. The standard InChI is InChI=1S/C10H10ClFN2O3/c11-6-3-1-2-5(8(6)12)10(17)14-4-7(15)9(13)16/h1-3,7,15H,4H2,(H2,13,16)(H,14,17). The Morgan fingerprint density at radius 1 is 1.53 bits per heavy atom. The lowest BCUT2D eigenvalue weighted by molar-refractivity contribution is -0.125. The molecule has 1 atom stereocenters. The summed E-state index contributed by atoms with van der Waals surface area (Å²) in [5.41, 5.74) is 4.51. The smallest absolute Gasteiger partial charge is 0.254 e. The van der Waals surface area contributed by atoms with Gasteiger partial charge in [0.25, 0.3) is 5.91 Å². The van der Waals surface area contributed by atoms with E-state index in [1.165, 1.54) is 18.2 Å². The van der Waals surface area contributed by atoms with Crippen molar-refractivity contribution in [1.29, 1.82) is 0 Å². The fraction of sp³-hybridized carbons (Fsp3) is 0.200. The molecule has 2 amide bonds. The van der Waals surface area contributed by atoms with E-state index in [-0.39, 0.29) is 17.1 Å². The largest absolute Gasteiger partial charge is 0.381 e. The summed E-state index contributed by atoms with van der Waals surface area (Å²) in [5, 5.41) is 11.0. The average molecular weight is 261 g/mol. The quantitative estimate of drug-likeness (QED) is 0.714. The van der Waals surface area contributed by atoms with Crippen LogP contribution >= 0.6 is 11.6 Å². The number of rotatable bonds is 4. The van der Waals surface area contributed by atoms with Crippen LogP contribution in [-0.4, -0.2) is 29.6 Å². The highest BCUT2D eigenvalue weighted by Gasteiger charge is 2.16. The monoisotopic (exact) mass is 260 g/mol. The van der Waals surface area contributed by atoms with Crippen molar-refractivity contribution < 1.29 is 19.1 Å². The molecule has 1 aromatic carbocycles. The lowest BCUT2D eigenvalue weighted by atomic mass is 10.2. The number of benzene rings is 1. The molecule has 0 radical (unpaired) electrons. The first-order chi connectivity index (χ1) is 7.93. The molecule has 17 heavy (non-hydrogen) atoms. The van der Waals surface area contributed by atoms with E-state index in [0.717, 1.165) is 0 Å². The van der Waals surface area contributed by atoms with Crippen molar-refractivity contribution in [3.63, 3.8) is 0 Å². The van der Waals surface area contributed by atoms with E-state index >= 15 is 0 Å². The highest BCUT2D eigenvalue weighted by molar-refractivity contribution is 6.31. The van der Waals surface area contributed by atoms with Crippen molar-refractivity contribution >= 4 is 23.4 Å². The molecule has 0 bridgehead atoms. The zero-order valence-electron chi connectivity index (χ0n) is 8.61. The van der Waals surface area contributed by atoms with Crippen LogP contribution < -0.4 is 11.1 Å². The van der Waals surface area contributed by atoms with E-state index in [9.17, 15) is 14.0 Å². The number of hydrogen-bond acceptors (Lipinski definition) is 3. The normalized spacial score (nSPS) is 11.9. The number of amides is 2. The van der Waals surface area contributed by atoms with E-state index < -0.39 is 23.7 Å². The Balaban J connectivity index is 2.71. The van der Waals surface area contributed by atoms with E-state index in [2.05, 4.69) is 5.32 Å². The number of hydrogen-bond donors (Lipinski definition) is 3. The van der Waals surface area contributed by atoms with E-state index in [4.69, 9.17) is 22.4 Å². The van der Waals surface area contributed by atoms with Gasteiger partial charge in [0.2, 0.25) is 5.91 Å². The average Bonchev–Trinajstić information content (AvgIpc) is 2.29. The summed E-state index contributed by atoms with van der Waals surface area (Å²) in [4.78, 5) is 22.0. The van der Waals surface area contributed by atoms with Gasteiger partial charge in [-0.1, -0.05) is 17.7 Å². The molecule has 7 heteroatoms. The first kappa shape index (κ1) is 13.4. The molecule has 0 aliphatic heterocycles. The third-order valence-corrected chi connectivity index (χ3v) is 2.27. The molecule has 0 spiro atoms. The van der Waals surface area contributed by atoms with Gasteiger partial charge in [0.05, 0.1) is 17.1 Å². The van der Waals surface area contributed by atoms with Crippen LogP contribution in [0, 0.1) is 5.82 Å². The zero-order chi connectivity index (χ0) is 13.0. The van der Waals surface area contributed by atoms with Gasteiger partial charge in [-0.05, 0) is 12.1 Å². The molecule has 0 heterocycles. The van der Waals surface area contributed by atoms with Crippen molar-refractivity contribution in [3.8, 4) is 0 Å². The molecular weight excluding hydrogens is 251 g/mol. The fourth-order valence-corrected chi connectivity index (χ4v) is 1.24. The summed E-state index contributed by atoms with van der Waals surface area (Å²) in [6, 6.07) is 3.93. The van der Waals surface area contributed by atoms with Gasteiger partial charge in [0.15, 0.2) is 5.82 Å². The van der Waals surface area contributed by atoms with Crippen molar-refractivity contribution in [2.45, 2.75) is 6.10 Å². The van der Waals surface area contributed by atoms with Gasteiger partial charge in [0.1, 0.15) is 6.10 Å². The number of halogens is 2. The van der Waals surface area contributed by atoms with Gasteiger partial charge < -0.3 is 16.2 Å². The van der Waals surface area contributed by atoms with Crippen LogP contribution in [-0.2, 0) is 4.79 Å². The number of aliphatic hydroxyl groups excluding tert-OH is 1. The minimum absolute atomic E-state index is 0.187. The molecule has 1 rings (SSSR count). The molecule has 0 saturated heterocycles. The Labute approximate surface area is 101 Å². The van der Waals surface area contributed by atoms with Crippen molar-refractivity contribution in [3.05, 3.63) is 34.6 Å². The van der Waals surface area contributed by atoms with Crippen LogP contribution in [0.15, 0.2) is 18.2 Å². The van der Waals surface area contributed by atoms with Gasteiger partial charge in [-0.3, -0.25) is 9.59 Å². The number of nitrogens with one attached hydrogen (secondary N) is 1. The minimum Gasteiger partial charge on any atom is -0.381 e. The Hall–Kier alpha value is -1.66. The summed E-state index contributed by atoms with van der Waals surface area (Å²) in [6.45, 7) is -0.389. The molecule has 1 aromatic rings. The van der Waals surface area contributed by atoms with Gasteiger partial charge >= 0.3 is 0 Å². The maximum atomic E-state index is 13.4. The Kier molecular flexibility index (Phi) is 4.42. The predicted octanol–water partition coefficient (Wildman–Crippen LogP) is 0.0551. The van der Waals surface area contributed by atoms with Gasteiger partial charge in [-0.2, -0.15) is 0 Å². The highest BCUT2D eigenvalue weighted by Crippen LogP contribution is 2.17. The van der Waals surface area contributed by atoms with Gasteiger partial charge in [-0.25, -0.2) is 4.39 Å². The first-order valence-corrected chi connectivity index (χ1v) is 5.01. The second-order valence-corrected chi connectivity index (χ2v) is 3.64. The molecule has 0 fully saturated rings. The molecule has 0 aliphatic rings. The number of aliphatic hydroxyl groups is 1. The molecule has 4 N–H and O–H groups in total. The molecule has 5 nitrogen and oxygen atoms in total. The second kappa shape index (κ2) is 5.60. The minimum atomic E-state index is -1.51.